The second-order valence-corrected chi connectivity index (χ2v) is 8.14. The van der Waals surface area contributed by atoms with E-state index >= 15 is 0 Å². The fraction of sp³-hybridized carbons (Fsp3) is 0.174. The van der Waals surface area contributed by atoms with Crippen LogP contribution in [0.4, 0.5) is 0 Å². The van der Waals surface area contributed by atoms with E-state index in [0.717, 1.165) is 29.1 Å². The molecule has 32 heavy (non-hydrogen) atoms. The first kappa shape index (κ1) is 20.1. The molecule has 0 atom stereocenters. The lowest BCUT2D eigenvalue weighted by Gasteiger charge is -2.07. The van der Waals surface area contributed by atoms with Gasteiger partial charge in [0.25, 0.3) is 11.6 Å². The van der Waals surface area contributed by atoms with Crippen LogP contribution in [0.5, 0.6) is 0 Å². The van der Waals surface area contributed by atoms with Gasteiger partial charge in [0.1, 0.15) is 5.69 Å². The number of pyridine rings is 2. The van der Waals surface area contributed by atoms with Gasteiger partial charge in [-0.1, -0.05) is 5.16 Å². The molecule has 0 aliphatic carbocycles. The minimum absolute atomic E-state index is 0.201. The van der Waals surface area contributed by atoms with Crippen LogP contribution in [0, 0.1) is 6.92 Å². The minimum atomic E-state index is -0.201. The van der Waals surface area contributed by atoms with Gasteiger partial charge >= 0.3 is 0 Å². The van der Waals surface area contributed by atoms with Gasteiger partial charge in [0.2, 0.25) is 0 Å². The number of nitrogens with zero attached hydrogens (tertiary/aromatic N) is 4. The zero-order chi connectivity index (χ0) is 21.9. The maximum Gasteiger partial charge on any atom is 0.259 e. The Hall–Kier alpha value is -3.85. The fourth-order valence-electron chi connectivity index (χ4n) is 3.44. The highest BCUT2D eigenvalue weighted by molar-refractivity contribution is 7.09. The lowest BCUT2D eigenvalue weighted by Crippen LogP contribution is -2.25. The number of carbonyl (C=O) groups is 1. The zero-order valence-corrected chi connectivity index (χ0v) is 18.1. The molecule has 8 nitrogen and oxygen atoms in total. The molecule has 0 unspecified atom stereocenters. The molecule has 0 saturated heterocycles. The summed E-state index contributed by atoms with van der Waals surface area (Å²) in [4.78, 5) is 26.1. The number of aromatic nitrogens is 4. The second-order valence-electron chi connectivity index (χ2n) is 7.20. The number of furan rings is 1. The van der Waals surface area contributed by atoms with Crippen molar-refractivity contribution in [3.8, 4) is 22.7 Å². The molecule has 0 fully saturated rings. The van der Waals surface area contributed by atoms with Crippen molar-refractivity contribution in [1.29, 1.82) is 0 Å². The van der Waals surface area contributed by atoms with Gasteiger partial charge in [-0.25, -0.2) is 9.97 Å². The van der Waals surface area contributed by atoms with Crippen molar-refractivity contribution in [2.45, 2.75) is 19.8 Å². The first-order valence-corrected chi connectivity index (χ1v) is 11.0. The van der Waals surface area contributed by atoms with E-state index in [1.165, 1.54) is 0 Å². The predicted octanol–water partition coefficient (Wildman–Crippen LogP) is 4.67. The monoisotopic (exact) mass is 445 g/mol. The highest BCUT2D eigenvalue weighted by atomic mass is 32.1. The summed E-state index contributed by atoms with van der Waals surface area (Å²) in [5.41, 5.74) is 3.92. The Labute approximate surface area is 187 Å². The minimum Gasteiger partial charge on any atom is -0.463 e. The number of hydrogen-bond acceptors (Lipinski definition) is 8. The maximum atomic E-state index is 13.0. The summed E-state index contributed by atoms with van der Waals surface area (Å²) in [6, 6.07) is 9.15. The van der Waals surface area contributed by atoms with Gasteiger partial charge in [0.15, 0.2) is 5.76 Å². The Morgan fingerprint density at radius 2 is 2.03 bits per heavy atom. The van der Waals surface area contributed by atoms with Crippen LogP contribution < -0.4 is 5.32 Å². The van der Waals surface area contributed by atoms with E-state index in [1.54, 1.807) is 55.1 Å². The number of amides is 1. The van der Waals surface area contributed by atoms with Crippen molar-refractivity contribution in [3.63, 3.8) is 0 Å². The summed E-state index contributed by atoms with van der Waals surface area (Å²) in [5.74, 6) is 0.358. The van der Waals surface area contributed by atoms with Crippen molar-refractivity contribution < 1.29 is 13.7 Å². The molecule has 0 aromatic carbocycles. The van der Waals surface area contributed by atoms with Gasteiger partial charge in [-0.3, -0.25) is 9.78 Å². The molecule has 5 aromatic rings. The Bertz CT molecular complexity index is 1360. The van der Waals surface area contributed by atoms with Crippen LogP contribution in [0.3, 0.4) is 0 Å². The van der Waals surface area contributed by atoms with Gasteiger partial charge in [0, 0.05) is 36.3 Å². The van der Waals surface area contributed by atoms with Gasteiger partial charge in [-0.2, -0.15) is 0 Å². The molecule has 9 heteroatoms. The van der Waals surface area contributed by atoms with Crippen LogP contribution >= 0.6 is 11.3 Å². The highest BCUT2D eigenvalue weighted by Crippen LogP contribution is 2.27. The first-order chi connectivity index (χ1) is 15.7. The molecule has 1 N–H and O–H groups in total. The molecule has 5 aromatic heterocycles. The molecule has 0 bridgehead atoms. The van der Waals surface area contributed by atoms with Crippen LogP contribution in [0.15, 0.2) is 63.3 Å². The topological polar surface area (TPSA) is 107 Å². The first-order valence-electron chi connectivity index (χ1n) is 10.1. The normalized spacial score (nSPS) is 11.2. The molecule has 0 aliphatic heterocycles. The molecule has 1 amide bonds. The lowest BCUT2D eigenvalue weighted by atomic mass is 10.1. The second kappa shape index (κ2) is 8.72. The van der Waals surface area contributed by atoms with Crippen molar-refractivity contribution in [3.05, 3.63) is 70.6 Å². The summed E-state index contributed by atoms with van der Waals surface area (Å²) in [6.45, 7) is 2.31. The van der Waals surface area contributed by atoms with E-state index < -0.39 is 0 Å². The van der Waals surface area contributed by atoms with Gasteiger partial charge < -0.3 is 14.3 Å². The van der Waals surface area contributed by atoms with E-state index in [-0.39, 0.29) is 5.91 Å². The molecular weight excluding hydrogens is 426 g/mol. The number of aryl methyl sites for hydroxylation is 2. The summed E-state index contributed by atoms with van der Waals surface area (Å²) >= 11 is 1.62. The Balaban J connectivity index is 1.26. The quantitative estimate of drug-likeness (QED) is 0.363. The standard InChI is InChI=1S/C23H19N5O3S/c1-14-21-16(12-17(19-4-3-11-30-19)27-23(21)31-28-14)22(29)25-8-2-5-20-26-18(13-32-20)15-6-9-24-10-7-15/h3-4,6-7,9-13H,2,5,8H2,1H3,(H,25,29). The fourth-order valence-corrected chi connectivity index (χ4v) is 4.29. The summed E-state index contributed by atoms with van der Waals surface area (Å²) in [6.07, 6.45) is 6.64. The molecular formula is C23H19N5O3S. The molecule has 0 radical (unpaired) electrons. The van der Waals surface area contributed by atoms with E-state index in [1.807, 2.05) is 17.5 Å². The highest BCUT2D eigenvalue weighted by Gasteiger charge is 2.20. The van der Waals surface area contributed by atoms with E-state index in [9.17, 15) is 4.79 Å². The summed E-state index contributed by atoms with van der Waals surface area (Å²) < 4.78 is 10.7. The van der Waals surface area contributed by atoms with Gasteiger partial charge in [-0.15, -0.1) is 11.3 Å². The average molecular weight is 446 g/mol. The number of carbonyl (C=O) groups excluding carboxylic acids is 1. The summed E-state index contributed by atoms with van der Waals surface area (Å²) in [7, 11) is 0. The smallest absolute Gasteiger partial charge is 0.259 e. The molecule has 0 aliphatic rings. The van der Waals surface area contributed by atoms with Crippen molar-refractivity contribution in [1.82, 2.24) is 25.4 Å². The number of thiazole rings is 1. The lowest BCUT2D eigenvalue weighted by molar-refractivity contribution is 0.0954. The van der Waals surface area contributed by atoms with Gasteiger partial charge in [-0.05, 0) is 43.7 Å². The van der Waals surface area contributed by atoms with E-state index in [0.29, 0.717) is 40.4 Å². The zero-order valence-electron chi connectivity index (χ0n) is 17.2. The van der Waals surface area contributed by atoms with E-state index in [2.05, 4.69) is 25.4 Å². The summed E-state index contributed by atoms with van der Waals surface area (Å²) in [5, 5.41) is 10.6. The number of nitrogens with one attached hydrogen (secondary N) is 1. The largest absolute Gasteiger partial charge is 0.463 e. The third-order valence-corrected chi connectivity index (χ3v) is 5.92. The molecule has 5 rings (SSSR count). The van der Waals surface area contributed by atoms with Crippen LogP contribution in [0.2, 0.25) is 0 Å². The van der Waals surface area contributed by atoms with Crippen LogP contribution in [0.1, 0.15) is 27.5 Å². The van der Waals surface area contributed by atoms with Crippen LogP contribution in [-0.4, -0.2) is 32.6 Å². The third kappa shape index (κ3) is 4.02. The number of hydrogen-bond donors (Lipinski definition) is 1. The van der Waals surface area contributed by atoms with Crippen molar-refractivity contribution >= 4 is 28.3 Å². The SMILES string of the molecule is Cc1noc2nc(-c3ccco3)cc(C(=O)NCCCc3nc(-c4ccncc4)cs3)c12. The average Bonchev–Trinajstić information content (AvgIpc) is 3.58. The maximum absolute atomic E-state index is 13.0. The predicted molar refractivity (Wildman–Crippen MR) is 120 cm³/mol. The number of rotatable bonds is 7. The molecule has 5 heterocycles. The molecule has 160 valence electrons. The Morgan fingerprint density at radius 3 is 2.84 bits per heavy atom. The van der Waals surface area contributed by atoms with Gasteiger partial charge in [0.05, 0.1) is 33.6 Å². The van der Waals surface area contributed by atoms with Crippen LogP contribution in [0.25, 0.3) is 33.8 Å². The third-order valence-electron chi connectivity index (χ3n) is 5.02. The van der Waals surface area contributed by atoms with E-state index in [4.69, 9.17) is 8.94 Å². The Kier molecular flexibility index (Phi) is 5.47. The Morgan fingerprint density at radius 1 is 1.16 bits per heavy atom. The van der Waals surface area contributed by atoms with Crippen molar-refractivity contribution in [2.75, 3.05) is 6.54 Å². The number of fused-ring (bicyclic) bond motifs is 1. The molecule has 0 spiro atoms. The van der Waals surface area contributed by atoms with Crippen LogP contribution in [-0.2, 0) is 6.42 Å². The molecule has 0 saturated carbocycles. The van der Waals surface area contributed by atoms with Crippen molar-refractivity contribution in [2.24, 2.45) is 0 Å².